The zero-order chi connectivity index (χ0) is 22.1. The number of nitrogens with zero attached hydrogens (tertiary/aromatic N) is 5. The van der Waals surface area contributed by atoms with E-state index in [2.05, 4.69) is 26.6 Å². The van der Waals surface area contributed by atoms with Gasteiger partial charge in [0.1, 0.15) is 5.75 Å². The number of rotatable bonds is 4. The number of carboxylic acid groups (broad SMARTS) is 1. The van der Waals surface area contributed by atoms with Gasteiger partial charge in [-0.2, -0.15) is 5.10 Å². The van der Waals surface area contributed by atoms with Gasteiger partial charge in [0.05, 0.1) is 17.9 Å². The number of fused-ring (bicyclic) bond motifs is 1. The predicted octanol–water partition coefficient (Wildman–Crippen LogP) is 3.88. The summed E-state index contributed by atoms with van der Waals surface area (Å²) in [5.74, 6) is 0.594. The number of anilines is 1. The number of hydrogen-bond donors (Lipinski definition) is 2. The van der Waals surface area contributed by atoms with Crippen molar-refractivity contribution < 1.29 is 14.6 Å². The Balaban J connectivity index is 1.59. The van der Waals surface area contributed by atoms with Crippen molar-refractivity contribution in [2.24, 2.45) is 0 Å². The molecule has 0 saturated carbocycles. The molecule has 1 amide bonds. The smallest absolute Gasteiger partial charge is 0.412 e. The number of aromatic nitrogens is 4. The van der Waals surface area contributed by atoms with Gasteiger partial charge >= 0.3 is 12.1 Å². The molecule has 1 aromatic carbocycles. The van der Waals surface area contributed by atoms with Gasteiger partial charge in [-0.05, 0) is 63.9 Å². The molecular weight excluding hydrogens is 408 g/mol. The summed E-state index contributed by atoms with van der Waals surface area (Å²) in [6.45, 7) is 3.90. The third kappa shape index (κ3) is 3.80. The summed E-state index contributed by atoms with van der Waals surface area (Å²) in [4.78, 5) is 21.8. The van der Waals surface area contributed by atoms with Crippen LogP contribution in [0.1, 0.15) is 37.8 Å². The highest BCUT2D eigenvalue weighted by molar-refractivity contribution is 5.91. The van der Waals surface area contributed by atoms with E-state index >= 15 is 0 Å². The van der Waals surface area contributed by atoms with E-state index in [1.807, 2.05) is 29.9 Å². The average Bonchev–Trinajstić information content (AvgIpc) is 3.30. The number of amides is 1. The number of carbonyl (C=O) groups is 1. The molecule has 0 aliphatic carbocycles. The first-order valence-electron chi connectivity index (χ1n) is 11.0. The van der Waals surface area contributed by atoms with Crippen LogP contribution in [-0.4, -0.2) is 50.1 Å². The summed E-state index contributed by atoms with van der Waals surface area (Å²) in [7, 11) is 0. The molecule has 0 bridgehead atoms. The van der Waals surface area contributed by atoms with Crippen LogP contribution >= 0.6 is 0 Å². The molecule has 4 heterocycles. The van der Waals surface area contributed by atoms with Crippen LogP contribution in [0.25, 0.3) is 11.1 Å². The van der Waals surface area contributed by atoms with Crippen LogP contribution in [0.15, 0.2) is 43.0 Å². The maximum absolute atomic E-state index is 12.0. The molecule has 1 saturated heterocycles. The van der Waals surface area contributed by atoms with Gasteiger partial charge in [-0.15, -0.1) is 0 Å². The van der Waals surface area contributed by atoms with Crippen LogP contribution in [-0.2, 0) is 6.42 Å². The Morgan fingerprint density at radius 1 is 1.19 bits per heavy atom. The zero-order valence-electron chi connectivity index (χ0n) is 17.9. The van der Waals surface area contributed by atoms with Crippen LogP contribution < -0.4 is 15.0 Å². The zero-order valence-corrected chi connectivity index (χ0v) is 17.9. The van der Waals surface area contributed by atoms with Crippen molar-refractivity contribution in [2.45, 2.75) is 44.7 Å². The third-order valence-electron chi connectivity index (χ3n) is 6.29. The lowest BCUT2D eigenvalue weighted by molar-refractivity contribution is 0.198. The highest BCUT2D eigenvalue weighted by Gasteiger charge is 2.32. The topological polar surface area (TPSA) is 105 Å². The van der Waals surface area contributed by atoms with Crippen LogP contribution in [0.3, 0.4) is 0 Å². The van der Waals surface area contributed by atoms with Gasteiger partial charge in [0.15, 0.2) is 0 Å². The molecule has 2 aliphatic heterocycles. The monoisotopic (exact) mass is 434 g/mol. The summed E-state index contributed by atoms with van der Waals surface area (Å²) in [6.07, 6.45) is 9.68. The van der Waals surface area contributed by atoms with E-state index in [0.29, 0.717) is 30.3 Å². The van der Waals surface area contributed by atoms with E-state index in [1.165, 1.54) is 4.90 Å². The van der Waals surface area contributed by atoms with Crippen LogP contribution in [0.4, 0.5) is 10.5 Å². The second kappa shape index (κ2) is 8.58. The highest BCUT2D eigenvalue weighted by Crippen LogP contribution is 2.44. The molecule has 2 aliphatic rings. The number of nitrogens with one attached hydrogen (secondary N) is 1. The van der Waals surface area contributed by atoms with Crippen molar-refractivity contribution in [3.05, 3.63) is 48.5 Å². The normalized spacial score (nSPS) is 18.9. The Labute approximate surface area is 186 Å². The van der Waals surface area contributed by atoms with E-state index in [-0.39, 0.29) is 12.1 Å². The molecule has 166 valence electrons. The van der Waals surface area contributed by atoms with E-state index in [0.717, 1.165) is 42.6 Å². The average molecular weight is 435 g/mol. The molecule has 9 nitrogen and oxygen atoms in total. The van der Waals surface area contributed by atoms with Crippen molar-refractivity contribution in [1.82, 2.24) is 25.1 Å². The number of piperidine rings is 1. The minimum absolute atomic E-state index is 0.102. The standard InChI is InChI=1S/C23H26N6O3/c1-15-3-4-19-20(29(15)23(30)31)6-5-18(21(19)32-22-25-9-2-10-26-22)16-13-27-28(14-16)17-7-11-24-12-8-17/h2,5-6,9-10,13-15,17,24H,3-4,7-8,11-12H2,1H3,(H,30,31)/t15-/m0/s1. The van der Waals surface area contributed by atoms with Crippen molar-refractivity contribution in [3.8, 4) is 22.9 Å². The summed E-state index contributed by atoms with van der Waals surface area (Å²) >= 11 is 0. The van der Waals surface area contributed by atoms with Crippen LogP contribution in [0, 0.1) is 0 Å². The maximum atomic E-state index is 12.0. The SMILES string of the molecule is C[C@H]1CCc2c(ccc(-c3cnn(C4CCNCC4)c3)c2Oc2ncccn2)N1C(=O)O. The van der Waals surface area contributed by atoms with Gasteiger partial charge in [0.2, 0.25) is 0 Å². The Morgan fingerprint density at radius 2 is 1.97 bits per heavy atom. The molecule has 0 spiro atoms. The summed E-state index contributed by atoms with van der Waals surface area (Å²) < 4.78 is 8.22. The van der Waals surface area contributed by atoms with Crippen molar-refractivity contribution in [3.63, 3.8) is 0 Å². The van der Waals surface area contributed by atoms with E-state index in [1.54, 1.807) is 18.5 Å². The molecule has 32 heavy (non-hydrogen) atoms. The van der Waals surface area contributed by atoms with Crippen molar-refractivity contribution in [2.75, 3.05) is 18.0 Å². The fourth-order valence-electron chi connectivity index (χ4n) is 4.62. The minimum atomic E-state index is -0.966. The van der Waals surface area contributed by atoms with Gasteiger partial charge < -0.3 is 15.2 Å². The molecule has 0 radical (unpaired) electrons. The van der Waals surface area contributed by atoms with Gasteiger partial charge in [0.25, 0.3) is 0 Å². The summed E-state index contributed by atoms with van der Waals surface area (Å²) in [5.41, 5.74) is 3.29. The fraction of sp³-hybridized carbons (Fsp3) is 0.391. The highest BCUT2D eigenvalue weighted by atomic mass is 16.5. The van der Waals surface area contributed by atoms with E-state index in [4.69, 9.17) is 4.74 Å². The Kier molecular flexibility index (Phi) is 5.48. The van der Waals surface area contributed by atoms with Gasteiger partial charge in [0, 0.05) is 41.3 Å². The minimum Gasteiger partial charge on any atom is -0.465 e. The van der Waals surface area contributed by atoms with Gasteiger partial charge in [-0.3, -0.25) is 9.58 Å². The van der Waals surface area contributed by atoms with E-state index < -0.39 is 6.09 Å². The lowest BCUT2D eigenvalue weighted by atomic mass is 9.92. The summed E-state index contributed by atoms with van der Waals surface area (Å²) in [6, 6.07) is 6.00. The Morgan fingerprint density at radius 3 is 2.72 bits per heavy atom. The van der Waals surface area contributed by atoms with Crippen molar-refractivity contribution in [1.29, 1.82) is 0 Å². The molecular formula is C23H26N6O3. The second-order valence-corrected chi connectivity index (χ2v) is 8.30. The number of benzene rings is 1. The molecule has 0 unspecified atom stereocenters. The lowest BCUT2D eigenvalue weighted by Crippen LogP contribution is -2.41. The van der Waals surface area contributed by atoms with Crippen LogP contribution in [0.5, 0.6) is 11.8 Å². The first kappa shape index (κ1) is 20.4. The van der Waals surface area contributed by atoms with Crippen LogP contribution in [0.2, 0.25) is 0 Å². The molecule has 3 aromatic rings. The molecule has 2 aromatic heterocycles. The number of ether oxygens (including phenoxy) is 1. The lowest BCUT2D eigenvalue weighted by Gasteiger charge is -2.34. The largest absolute Gasteiger partial charge is 0.465 e. The molecule has 2 N–H and O–H groups in total. The van der Waals surface area contributed by atoms with Crippen molar-refractivity contribution >= 4 is 11.8 Å². The maximum Gasteiger partial charge on any atom is 0.412 e. The number of hydrogen-bond acceptors (Lipinski definition) is 6. The quantitative estimate of drug-likeness (QED) is 0.642. The predicted molar refractivity (Wildman–Crippen MR) is 119 cm³/mol. The second-order valence-electron chi connectivity index (χ2n) is 8.30. The third-order valence-corrected chi connectivity index (χ3v) is 6.29. The van der Waals surface area contributed by atoms with Gasteiger partial charge in [-0.1, -0.05) is 0 Å². The first-order valence-corrected chi connectivity index (χ1v) is 11.0. The molecule has 9 heteroatoms. The first-order chi connectivity index (χ1) is 15.6. The summed E-state index contributed by atoms with van der Waals surface area (Å²) in [5, 5.41) is 17.8. The fourth-order valence-corrected chi connectivity index (χ4v) is 4.62. The molecule has 1 atom stereocenters. The Hall–Kier alpha value is -3.46. The molecule has 5 rings (SSSR count). The Bertz CT molecular complexity index is 1110. The van der Waals surface area contributed by atoms with E-state index in [9.17, 15) is 9.90 Å². The van der Waals surface area contributed by atoms with Gasteiger partial charge in [-0.25, -0.2) is 14.8 Å². The molecule has 1 fully saturated rings.